The summed E-state index contributed by atoms with van der Waals surface area (Å²) in [6.07, 6.45) is 0.345. The second-order valence-electron chi connectivity index (χ2n) is 3.49. The van der Waals surface area contributed by atoms with E-state index < -0.39 is 0 Å². The van der Waals surface area contributed by atoms with Gasteiger partial charge in [-0.15, -0.1) is 0 Å². The quantitative estimate of drug-likeness (QED) is 0.818. The van der Waals surface area contributed by atoms with Crippen LogP contribution in [0.15, 0.2) is 24.3 Å². The van der Waals surface area contributed by atoms with E-state index in [1.54, 1.807) is 6.07 Å². The Balaban J connectivity index is 2.61. The van der Waals surface area contributed by atoms with Crippen LogP contribution in [0, 0.1) is 0 Å². The summed E-state index contributed by atoms with van der Waals surface area (Å²) in [5.41, 5.74) is 0.868. The first-order valence-electron chi connectivity index (χ1n) is 4.62. The second-order valence-corrected chi connectivity index (χ2v) is 3.90. The van der Waals surface area contributed by atoms with Crippen molar-refractivity contribution in [3.63, 3.8) is 0 Å². The normalized spacial score (nSPS) is 10.3. The number of halogens is 1. The first-order valence-corrected chi connectivity index (χ1v) is 5.00. The smallest absolute Gasteiger partial charge is 0.224 e. The fourth-order valence-corrected chi connectivity index (χ4v) is 1.39. The molecule has 0 atom stereocenters. The van der Waals surface area contributed by atoms with E-state index in [9.17, 15) is 4.79 Å². The Hall–Kier alpha value is -1.02. The van der Waals surface area contributed by atoms with Gasteiger partial charge < -0.3 is 5.32 Å². The molecule has 0 saturated heterocycles. The van der Waals surface area contributed by atoms with Crippen LogP contribution in [0.4, 0.5) is 0 Å². The van der Waals surface area contributed by atoms with E-state index in [-0.39, 0.29) is 11.9 Å². The van der Waals surface area contributed by atoms with Gasteiger partial charge in [-0.2, -0.15) is 0 Å². The molecule has 1 N–H and O–H groups in total. The molecule has 1 aromatic carbocycles. The predicted octanol–water partition coefficient (Wildman–Crippen LogP) is 2.41. The molecule has 0 aliphatic rings. The Morgan fingerprint density at radius 3 is 2.64 bits per heavy atom. The summed E-state index contributed by atoms with van der Waals surface area (Å²) < 4.78 is 0. The third-order valence-corrected chi connectivity index (χ3v) is 2.13. The lowest BCUT2D eigenvalue weighted by atomic mass is 10.1. The van der Waals surface area contributed by atoms with Gasteiger partial charge in [0, 0.05) is 11.1 Å². The molecule has 1 amide bonds. The number of carbonyl (C=O) groups excluding carboxylic acids is 1. The highest BCUT2D eigenvalue weighted by Gasteiger charge is 2.06. The molecule has 1 aromatic rings. The van der Waals surface area contributed by atoms with Crippen LogP contribution in [0.2, 0.25) is 5.02 Å². The van der Waals surface area contributed by atoms with Crippen LogP contribution in [0.1, 0.15) is 19.4 Å². The van der Waals surface area contributed by atoms with E-state index in [1.165, 1.54) is 0 Å². The maximum atomic E-state index is 11.4. The Kier molecular flexibility index (Phi) is 3.96. The summed E-state index contributed by atoms with van der Waals surface area (Å²) >= 11 is 5.92. The highest BCUT2D eigenvalue weighted by molar-refractivity contribution is 6.31. The van der Waals surface area contributed by atoms with Crippen molar-refractivity contribution in [3.8, 4) is 0 Å². The zero-order chi connectivity index (χ0) is 10.6. The molecule has 3 heteroatoms. The van der Waals surface area contributed by atoms with Crippen LogP contribution >= 0.6 is 11.6 Å². The molecule has 0 heterocycles. The molecule has 0 bridgehead atoms. The molecular weight excluding hydrogens is 198 g/mol. The fraction of sp³-hybridized carbons (Fsp3) is 0.364. The van der Waals surface area contributed by atoms with Crippen molar-refractivity contribution in [2.45, 2.75) is 26.3 Å². The Morgan fingerprint density at radius 2 is 2.07 bits per heavy atom. The van der Waals surface area contributed by atoms with E-state index in [1.807, 2.05) is 32.0 Å². The summed E-state index contributed by atoms with van der Waals surface area (Å²) in [5.74, 6) is 0.00750. The van der Waals surface area contributed by atoms with Crippen LogP contribution in [0.3, 0.4) is 0 Å². The maximum absolute atomic E-state index is 11.4. The first-order chi connectivity index (χ1) is 6.59. The summed E-state index contributed by atoms with van der Waals surface area (Å²) in [6.45, 7) is 3.87. The molecule has 0 aromatic heterocycles. The van der Waals surface area contributed by atoms with Crippen LogP contribution in [0.5, 0.6) is 0 Å². The van der Waals surface area contributed by atoms with Crippen molar-refractivity contribution in [2.75, 3.05) is 0 Å². The number of nitrogens with one attached hydrogen (secondary N) is 1. The molecule has 0 radical (unpaired) electrons. The minimum atomic E-state index is 0.00750. The number of rotatable bonds is 3. The molecule has 0 fully saturated rings. The van der Waals surface area contributed by atoms with Gasteiger partial charge in [0.15, 0.2) is 0 Å². The van der Waals surface area contributed by atoms with Crippen molar-refractivity contribution in [3.05, 3.63) is 34.9 Å². The van der Waals surface area contributed by atoms with Crippen LogP contribution in [-0.2, 0) is 11.2 Å². The zero-order valence-corrected chi connectivity index (χ0v) is 9.14. The molecule has 0 aliphatic carbocycles. The summed E-state index contributed by atoms with van der Waals surface area (Å²) in [6, 6.07) is 7.56. The fourth-order valence-electron chi connectivity index (χ4n) is 1.19. The first kappa shape index (κ1) is 11.1. The van der Waals surface area contributed by atoms with Crippen molar-refractivity contribution in [1.82, 2.24) is 5.32 Å². The Morgan fingerprint density at radius 1 is 1.43 bits per heavy atom. The van der Waals surface area contributed by atoms with Gasteiger partial charge >= 0.3 is 0 Å². The van der Waals surface area contributed by atoms with Gasteiger partial charge in [0.05, 0.1) is 6.42 Å². The molecule has 2 nitrogen and oxygen atoms in total. The van der Waals surface area contributed by atoms with Crippen LogP contribution in [0.25, 0.3) is 0 Å². The van der Waals surface area contributed by atoms with Crippen molar-refractivity contribution in [1.29, 1.82) is 0 Å². The topological polar surface area (TPSA) is 29.1 Å². The van der Waals surface area contributed by atoms with Crippen molar-refractivity contribution < 1.29 is 4.79 Å². The van der Waals surface area contributed by atoms with E-state index in [4.69, 9.17) is 11.6 Å². The molecule has 0 saturated carbocycles. The standard InChI is InChI=1S/C11H14ClNO/c1-8(2)13-11(14)7-9-5-3-4-6-10(9)12/h3-6,8H,7H2,1-2H3,(H,13,14). The highest BCUT2D eigenvalue weighted by atomic mass is 35.5. The van der Waals surface area contributed by atoms with Gasteiger partial charge in [0.1, 0.15) is 0 Å². The van der Waals surface area contributed by atoms with Crippen LogP contribution in [-0.4, -0.2) is 11.9 Å². The van der Waals surface area contributed by atoms with Gasteiger partial charge in [-0.25, -0.2) is 0 Å². The number of amides is 1. The van der Waals surface area contributed by atoms with Crippen molar-refractivity contribution >= 4 is 17.5 Å². The lowest BCUT2D eigenvalue weighted by molar-refractivity contribution is -0.120. The highest BCUT2D eigenvalue weighted by Crippen LogP contribution is 2.15. The lowest BCUT2D eigenvalue weighted by Gasteiger charge is -2.08. The molecule has 1 rings (SSSR count). The second kappa shape index (κ2) is 5.01. The van der Waals surface area contributed by atoms with Crippen molar-refractivity contribution in [2.24, 2.45) is 0 Å². The van der Waals surface area contributed by atoms with Gasteiger partial charge in [-0.1, -0.05) is 29.8 Å². The van der Waals surface area contributed by atoms with Crippen LogP contribution < -0.4 is 5.32 Å². The lowest BCUT2D eigenvalue weighted by Crippen LogP contribution is -2.31. The number of benzene rings is 1. The molecular formula is C11H14ClNO. The predicted molar refractivity (Wildman–Crippen MR) is 58.4 cm³/mol. The Bertz CT molecular complexity index is 323. The Labute approximate surface area is 89.3 Å². The van der Waals surface area contributed by atoms with E-state index in [0.29, 0.717) is 11.4 Å². The van der Waals surface area contributed by atoms with Gasteiger partial charge in [0.2, 0.25) is 5.91 Å². The average molecular weight is 212 g/mol. The average Bonchev–Trinajstić information content (AvgIpc) is 2.07. The SMILES string of the molecule is CC(C)NC(=O)Cc1ccccc1Cl. The molecule has 0 aliphatic heterocycles. The summed E-state index contributed by atoms with van der Waals surface area (Å²) in [5, 5.41) is 3.47. The largest absolute Gasteiger partial charge is 0.354 e. The summed E-state index contributed by atoms with van der Waals surface area (Å²) in [4.78, 5) is 11.4. The van der Waals surface area contributed by atoms with E-state index >= 15 is 0 Å². The van der Waals surface area contributed by atoms with Gasteiger partial charge in [0.25, 0.3) is 0 Å². The minimum absolute atomic E-state index is 0.00750. The third kappa shape index (κ3) is 3.38. The summed E-state index contributed by atoms with van der Waals surface area (Å²) in [7, 11) is 0. The number of carbonyl (C=O) groups is 1. The van der Waals surface area contributed by atoms with Gasteiger partial charge in [-0.05, 0) is 25.5 Å². The van der Waals surface area contributed by atoms with E-state index in [2.05, 4.69) is 5.32 Å². The zero-order valence-electron chi connectivity index (χ0n) is 8.38. The monoisotopic (exact) mass is 211 g/mol. The molecule has 76 valence electrons. The minimum Gasteiger partial charge on any atom is -0.354 e. The molecule has 0 spiro atoms. The number of hydrogen-bond acceptors (Lipinski definition) is 1. The number of hydrogen-bond donors (Lipinski definition) is 1. The third-order valence-electron chi connectivity index (χ3n) is 1.76. The molecule has 14 heavy (non-hydrogen) atoms. The van der Waals surface area contributed by atoms with E-state index in [0.717, 1.165) is 5.56 Å². The maximum Gasteiger partial charge on any atom is 0.224 e. The van der Waals surface area contributed by atoms with Gasteiger partial charge in [-0.3, -0.25) is 4.79 Å². The molecule has 0 unspecified atom stereocenters.